The van der Waals surface area contributed by atoms with Crippen LogP contribution in [0.15, 0.2) is 24.3 Å². The third-order valence-corrected chi connectivity index (χ3v) is 4.31. The largest absolute Gasteiger partial charge is 0.396 e. The minimum atomic E-state index is -0.590. The first-order valence-electron chi connectivity index (χ1n) is 9.18. The zero-order chi connectivity index (χ0) is 19.1. The molecule has 1 aromatic rings. The minimum Gasteiger partial charge on any atom is -0.396 e. The molecule has 0 spiro atoms. The van der Waals surface area contributed by atoms with Gasteiger partial charge in [-0.25, -0.2) is 9.78 Å². The van der Waals surface area contributed by atoms with E-state index in [1.54, 1.807) is 0 Å². The van der Waals surface area contributed by atoms with Crippen molar-refractivity contribution in [2.45, 2.75) is 77.9 Å². The van der Waals surface area contributed by atoms with Crippen LogP contribution in [0.25, 0.3) is 0 Å². The fourth-order valence-electron chi connectivity index (χ4n) is 2.70. The van der Waals surface area contributed by atoms with Crippen LogP contribution in [0.5, 0.6) is 0 Å². The van der Waals surface area contributed by atoms with Crippen LogP contribution in [0.3, 0.4) is 0 Å². The molecule has 0 saturated carbocycles. The van der Waals surface area contributed by atoms with Crippen molar-refractivity contribution in [3.63, 3.8) is 0 Å². The van der Waals surface area contributed by atoms with Crippen LogP contribution in [-0.2, 0) is 20.2 Å². The van der Waals surface area contributed by atoms with E-state index in [4.69, 9.17) is 9.78 Å². The molecule has 0 heterocycles. The summed E-state index contributed by atoms with van der Waals surface area (Å²) < 4.78 is 0. The molecule has 0 radical (unpaired) electrons. The number of carbonyl (C=O) groups excluding carboxylic acids is 1. The van der Waals surface area contributed by atoms with Gasteiger partial charge in [-0.15, -0.1) is 0 Å². The summed E-state index contributed by atoms with van der Waals surface area (Å²) in [4.78, 5) is 22.5. The molecule has 1 rings (SSSR count). The molecule has 0 amide bonds. The van der Waals surface area contributed by atoms with Gasteiger partial charge in [-0.05, 0) is 52.2 Å². The lowest BCUT2D eigenvalue weighted by Crippen LogP contribution is -2.29. The maximum atomic E-state index is 11.4. The number of benzene rings is 1. The summed E-state index contributed by atoms with van der Waals surface area (Å²) in [6.45, 7) is 11.8. The number of aldehydes is 1. The van der Waals surface area contributed by atoms with E-state index in [0.29, 0.717) is 0 Å². The fraction of sp³-hybridized carbons (Fsp3) is 0.667. The van der Waals surface area contributed by atoms with Gasteiger partial charge in [-0.1, -0.05) is 44.0 Å². The Bertz CT molecular complexity index is 514. The first-order chi connectivity index (χ1) is 11.6. The van der Waals surface area contributed by atoms with Crippen molar-refractivity contribution in [3.8, 4) is 0 Å². The van der Waals surface area contributed by atoms with Gasteiger partial charge in [0.05, 0.1) is 12.2 Å². The Kier molecular flexibility index (Phi) is 8.26. The first-order valence-corrected chi connectivity index (χ1v) is 9.18. The van der Waals surface area contributed by atoms with Crippen molar-refractivity contribution in [2.24, 2.45) is 5.92 Å². The second kappa shape index (κ2) is 9.46. The van der Waals surface area contributed by atoms with Gasteiger partial charge >= 0.3 is 0 Å². The van der Waals surface area contributed by atoms with E-state index in [-0.39, 0.29) is 24.0 Å². The molecular formula is C21H34O4. The molecule has 0 aliphatic carbocycles. The third kappa shape index (κ3) is 6.89. The van der Waals surface area contributed by atoms with Crippen molar-refractivity contribution >= 4 is 6.29 Å². The number of hydrogen-bond donors (Lipinski definition) is 1. The molecule has 25 heavy (non-hydrogen) atoms. The highest BCUT2D eigenvalue weighted by atomic mass is 17.2. The molecule has 4 nitrogen and oxygen atoms in total. The van der Waals surface area contributed by atoms with Gasteiger partial charge in [0, 0.05) is 11.8 Å². The van der Waals surface area contributed by atoms with Crippen molar-refractivity contribution in [1.29, 1.82) is 0 Å². The number of unbranched alkanes of at least 4 members (excludes halogenated alkanes) is 1. The van der Waals surface area contributed by atoms with Crippen molar-refractivity contribution < 1.29 is 19.7 Å². The van der Waals surface area contributed by atoms with Crippen molar-refractivity contribution in [3.05, 3.63) is 35.4 Å². The Balaban J connectivity index is 2.90. The van der Waals surface area contributed by atoms with Crippen LogP contribution < -0.4 is 0 Å². The monoisotopic (exact) mass is 350 g/mol. The van der Waals surface area contributed by atoms with E-state index in [1.807, 2.05) is 58.9 Å². The standard InChI is InChI=1S/C21H34O4/c1-7-8-9-17(14-22)19(15-23)16-10-12-18(13-11-16)21(5,6)25-24-20(2,3)4/h10-14,17,19,23H,7-9,15H2,1-6H3. The molecule has 0 aliphatic heterocycles. The van der Waals surface area contributed by atoms with Gasteiger partial charge in [0.15, 0.2) is 0 Å². The Hall–Kier alpha value is -1.23. The van der Waals surface area contributed by atoms with Gasteiger partial charge in [0.25, 0.3) is 0 Å². The number of carbonyl (C=O) groups is 1. The average molecular weight is 350 g/mol. The molecule has 0 fully saturated rings. The lowest BCUT2D eigenvalue weighted by atomic mass is 9.83. The molecule has 2 unspecified atom stereocenters. The fourth-order valence-corrected chi connectivity index (χ4v) is 2.70. The van der Waals surface area contributed by atoms with Crippen LogP contribution in [0, 0.1) is 5.92 Å². The Morgan fingerprint density at radius 3 is 2.12 bits per heavy atom. The zero-order valence-corrected chi connectivity index (χ0v) is 16.5. The summed E-state index contributed by atoms with van der Waals surface area (Å²) in [5.41, 5.74) is 0.989. The lowest BCUT2D eigenvalue weighted by Gasteiger charge is -2.29. The second-order valence-electron chi connectivity index (χ2n) is 8.14. The first kappa shape index (κ1) is 21.8. The highest BCUT2D eigenvalue weighted by Crippen LogP contribution is 2.31. The van der Waals surface area contributed by atoms with Crippen LogP contribution in [0.1, 0.15) is 77.8 Å². The molecule has 1 aromatic carbocycles. The normalized spacial score (nSPS) is 15.0. The predicted molar refractivity (Wildman–Crippen MR) is 100 cm³/mol. The van der Waals surface area contributed by atoms with Crippen LogP contribution >= 0.6 is 0 Å². The predicted octanol–water partition coefficient (Wildman–Crippen LogP) is 4.75. The molecule has 0 saturated heterocycles. The summed E-state index contributed by atoms with van der Waals surface area (Å²) in [5.74, 6) is -0.308. The Morgan fingerprint density at radius 1 is 1.08 bits per heavy atom. The molecule has 4 heteroatoms. The van der Waals surface area contributed by atoms with E-state index in [9.17, 15) is 9.90 Å². The highest BCUT2D eigenvalue weighted by molar-refractivity contribution is 5.56. The summed E-state index contributed by atoms with van der Waals surface area (Å²) in [5, 5.41) is 9.78. The van der Waals surface area contributed by atoms with E-state index in [2.05, 4.69) is 6.92 Å². The number of aliphatic hydroxyl groups excluding tert-OH is 1. The summed E-state index contributed by atoms with van der Waals surface area (Å²) in [6.07, 6.45) is 3.82. The van der Waals surface area contributed by atoms with Crippen LogP contribution in [-0.4, -0.2) is 23.6 Å². The van der Waals surface area contributed by atoms with E-state index < -0.39 is 5.60 Å². The molecule has 0 aliphatic rings. The SMILES string of the molecule is CCCCC(C=O)C(CO)c1ccc(C(C)(C)OOC(C)(C)C)cc1. The third-order valence-electron chi connectivity index (χ3n) is 4.31. The maximum Gasteiger partial charge on any atom is 0.123 e. The smallest absolute Gasteiger partial charge is 0.123 e. The average Bonchev–Trinajstić information content (AvgIpc) is 2.56. The molecule has 142 valence electrons. The molecule has 0 bridgehead atoms. The minimum absolute atomic E-state index is 0.0283. The molecular weight excluding hydrogens is 316 g/mol. The maximum absolute atomic E-state index is 11.4. The lowest BCUT2D eigenvalue weighted by molar-refractivity contribution is -0.401. The van der Waals surface area contributed by atoms with Gasteiger partial charge in [0.1, 0.15) is 11.9 Å². The quantitative estimate of drug-likeness (QED) is 0.376. The summed E-state index contributed by atoms with van der Waals surface area (Å²) >= 11 is 0. The number of rotatable bonds is 10. The summed E-state index contributed by atoms with van der Waals surface area (Å²) in [6, 6.07) is 7.90. The Labute approximate surface area is 152 Å². The summed E-state index contributed by atoms with van der Waals surface area (Å²) in [7, 11) is 0. The highest BCUT2D eigenvalue weighted by Gasteiger charge is 2.27. The molecule has 1 N–H and O–H groups in total. The van der Waals surface area contributed by atoms with Gasteiger partial charge in [-0.3, -0.25) is 0 Å². The topological polar surface area (TPSA) is 55.8 Å². The Morgan fingerprint density at radius 2 is 1.68 bits per heavy atom. The van der Waals surface area contributed by atoms with Gasteiger partial charge < -0.3 is 9.90 Å². The molecule has 0 aromatic heterocycles. The number of aliphatic hydroxyl groups is 1. The van der Waals surface area contributed by atoms with Crippen molar-refractivity contribution in [2.75, 3.05) is 6.61 Å². The van der Waals surface area contributed by atoms with Gasteiger partial charge in [0.2, 0.25) is 0 Å². The van der Waals surface area contributed by atoms with E-state index >= 15 is 0 Å². The van der Waals surface area contributed by atoms with E-state index in [1.165, 1.54) is 0 Å². The zero-order valence-electron chi connectivity index (χ0n) is 16.5. The van der Waals surface area contributed by atoms with Gasteiger partial charge in [-0.2, -0.15) is 0 Å². The number of hydrogen-bond acceptors (Lipinski definition) is 4. The second-order valence-corrected chi connectivity index (χ2v) is 8.14. The van der Waals surface area contributed by atoms with Crippen molar-refractivity contribution in [1.82, 2.24) is 0 Å². The van der Waals surface area contributed by atoms with E-state index in [0.717, 1.165) is 36.7 Å². The van der Waals surface area contributed by atoms with Crippen LogP contribution in [0.4, 0.5) is 0 Å². The van der Waals surface area contributed by atoms with Crippen LogP contribution in [0.2, 0.25) is 0 Å². The molecule has 2 atom stereocenters.